The van der Waals surface area contributed by atoms with Crippen LogP contribution in [0.5, 0.6) is 0 Å². The van der Waals surface area contributed by atoms with Gasteiger partial charge in [-0.05, 0) is 29.9 Å². The third-order valence-corrected chi connectivity index (χ3v) is 6.10. The molecule has 0 bridgehead atoms. The van der Waals surface area contributed by atoms with Crippen molar-refractivity contribution in [2.45, 2.75) is 18.9 Å². The Bertz CT molecular complexity index is 841. The van der Waals surface area contributed by atoms with Gasteiger partial charge < -0.3 is 15.1 Å². The summed E-state index contributed by atoms with van der Waals surface area (Å²) in [6.07, 6.45) is 1.98. The maximum absolute atomic E-state index is 13.2. The lowest BCUT2D eigenvalue weighted by Crippen LogP contribution is -2.53. The van der Waals surface area contributed by atoms with Crippen LogP contribution >= 0.6 is 11.3 Å². The zero-order valence-electron chi connectivity index (χ0n) is 15.5. The Balaban J connectivity index is 1.46. The van der Waals surface area contributed by atoms with Crippen LogP contribution in [0.3, 0.4) is 0 Å². The molecule has 1 saturated heterocycles. The quantitative estimate of drug-likeness (QED) is 0.842. The molecule has 2 aliphatic rings. The van der Waals surface area contributed by atoms with Gasteiger partial charge in [0.15, 0.2) is 0 Å². The summed E-state index contributed by atoms with van der Waals surface area (Å²) in [6.45, 7) is 2.11. The fourth-order valence-corrected chi connectivity index (χ4v) is 4.09. The Hall–Kier alpha value is -2.67. The Morgan fingerprint density at radius 2 is 1.61 bits per heavy atom. The average molecular weight is 398 g/mol. The molecule has 2 aromatic rings. The van der Waals surface area contributed by atoms with Gasteiger partial charge in [-0.15, -0.1) is 11.3 Å². The molecule has 1 aromatic heterocycles. The van der Waals surface area contributed by atoms with Gasteiger partial charge >= 0.3 is 0 Å². The first kappa shape index (κ1) is 18.7. The second kappa shape index (κ2) is 8.14. The van der Waals surface area contributed by atoms with Crippen molar-refractivity contribution in [1.29, 1.82) is 0 Å². The van der Waals surface area contributed by atoms with Crippen LogP contribution < -0.4 is 5.32 Å². The number of amides is 3. The smallest absolute Gasteiger partial charge is 0.262 e. The van der Waals surface area contributed by atoms with Crippen molar-refractivity contribution in [3.8, 4) is 0 Å². The first-order valence-electron chi connectivity index (χ1n) is 9.60. The molecule has 2 fully saturated rings. The molecule has 1 atom stereocenters. The number of carbonyl (C=O) groups excluding carboxylic acids is 3. The SMILES string of the molecule is O=C(NC(C(=O)N1CCN(C(=O)C2CC2)CC1)c1ccccc1)c1cccs1. The van der Waals surface area contributed by atoms with E-state index in [9.17, 15) is 14.4 Å². The third kappa shape index (κ3) is 4.09. The van der Waals surface area contributed by atoms with Crippen molar-refractivity contribution in [2.24, 2.45) is 5.92 Å². The van der Waals surface area contributed by atoms with Crippen molar-refractivity contribution in [1.82, 2.24) is 15.1 Å². The van der Waals surface area contributed by atoms with Crippen LogP contribution in [0.4, 0.5) is 0 Å². The van der Waals surface area contributed by atoms with Crippen molar-refractivity contribution in [3.63, 3.8) is 0 Å². The fraction of sp³-hybridized carbons (Fsp3) is 0.381. The molecule has 1 unspecified atom stereocenters. The van der Waals surface area contributed by atoms with E-state index in [0.717, 1.165) is 18.4 Å². The monoisotopic (exact) mass is 397 g/mol. The predicted molar refractivity (Wildman–Crippen MR) is 107 cm³/mol. The molecule has 7 heteroatoms. The van der Waals surface area contributed by atoms with Gasteiger partial charge in [0, 0.05) is 32.1 Å². The Kier molecular flexibility index (Phi) is 5.43. The Morgan fingerprint density at radius 3 is 2.21 bits per heavy atom. The van der Waals surface area contributed by atoms with Crippen LogP contribution in [0, 0.1) is 5.92 Å². The minimum Gasteiger partial charge on any atom is -0.339 e. The fourth-order valence-electron chi connectivity index (χ4n) is 3.46. The maximum atomic E-state index is 13.2. The summed E-state index contributed by atoms with van der Waals surface area (Å²) in [6, 6.07) is 12.1. The van der Waals surface area contributed by atoms with Crippen molar-refractivity contribution >= 4 is 29.1 Å². The summed E-state index contributed by atoms with van der Waals surface area (Å²) in [5.41, 5.74) is 0.758. The van der Waals surface area contributed by atoms with Gasteiger partial charge in [-0.1, -0.05) is 36.4 Å². The van der Waals surface area contributed by atoms with Crippen LogP contribution in [-0.2, 0) is 9.59 Å². The maximum Gasteiger partial charge on any atom is 0.262 e. The van der Waals surface area contributed by atoms with Gasteiger partial charge in [0.05, 0.1) is 4.88 Å². The van der Waals surface area contributed by atoms with Crippen LogP contribution in [0.2, 0.25) is 0 Å². The number of nitrogens with one attached hydrogen (secondary N) is 1. The van der Waals surface area contributed by atoms with Gasteiger partial charge in [0.2, 0.25) is 11.8 Å². The predicted octanol–water partition coefficient (Wildman–Crippen LogP) is 2.30. The normalized spacial score (nSPS) is 17.9. The second-order valence-electron chi connectivity index (χ2n) is 7.22. The lowest BCUT2D eigenvalue weighted by molar-refractivity contribution is -0.141. The van der Waals surface area contributed by atoms with Crippen LogP contribution in [-0.4, -0.2) is 53.7 Å². The summed E-state index contributed by atoms with van der Waals surface area (Å²) < 4.78 is 0. The summed E-state index contributed by atoms with van der Waals surface area (Å²) in [5, 5.41) is 4.73. The van der Waals surface area contributed by atoms with E-state index in [2.05, 4.69) is 5.32 Å². The van der Waals surface area contributed by atoms with E-state index in [1.807, 2.05) is 46.7 Å². The summed E-state index contributed by atoms with van der Waals surface area (Å²) in [4.78, 5) is 42.2. The Morgan fingerprint density at radius 1 is 0.929 bits per heavy atom. The van der Waals surface area contributed by atoms with Crippen LogP contribution in [0.25, 0.3) is 0 Å². The number of thiophene rings is 1. The number of hydrogen-bond donors (Lipinski definition) is 1. The van der Waals surface area contributed by atoms with Gasteiger partial charge in [-0.25, -0.2) is 0 Å². The van der Waals surface area contributed by atoms with E-state index < -0.39 is 6.04 Å². The zero-order valence-corrected chi connectivity index (χ0v) is 16.4. The average Bonchev–Trinajstić information content (AvgIpc) is 3.45. The number of nitrogens with zero attached hydrogens (tertiary/aromatic N) is 2. The van der Waals surface area contributed by atoms with E-state index in [0.29, 0.717) is 31.1 Å². The van der Waals surface area contributed by atoms with Crippen LogP contribution in [0.15, 0.2) is 47.8 Å². The molecule has 1 aromatic carbocycles. The van der Waals surface area contributed by atoms with E-state index in [4.69, 9.17) is 0 Å². The number of benzene rings is 1. The first-order chi connectivity index (χ1) is 13.6. The first-order valence-corrected chi connectivity index (χ1v) is 10.5. The topological polar surface area (TPSA) is 69.7 Å². The largest absolute Gasteiger partial charge is 0.339 e. The number of hydrogen-bond acceptors (Lipinski definition) is 4. The summed E-state index contributed by atoms with van der Waals surface area (Å²) in [5.74, 6) is 0.0384. The molecule has 1 N–H and O–H groups in total. The highest BCUT2D eigenvalue weighted by atomic mass is 32.1. The minimum absolute atomic E-state index is 0.130. The zero-order chi connectivity index (χ0) is 19.5. The molecule has 2 heterocycles. The molecule has 6 nitrogen and oxygen atoms in total. The number of piperazine rings is 1. The molecule has 4 rings (SSSR count). The third-order valence-electron chi connectivity index (χ3n) is 5.23. The molecular formula is C21H23N3O3S. The van der Waals surface area contributed by atoms with E-state index in [1.165, 1.54) is 11.3 Å². The molecule has 1 aliphatic heterocycles. The molecule has 0 spiro atoms. The van der Waals surface area contributed by atoms with Gasteiger partial charge in [0.25, 0.3) is 5.91 Å². The Labute approximate surface area is 168 Å². The molecule has 28 heavy (non-hydrogen) atoms. The second-order valence-corrected chi connectivity index (χ2v) is 8.17. The standard InChI is InChI=1S/C21H23N3O3S/c25-19(17-7-4-14-28-17)22-18(15-5-2-1-3-6-15)21(27)24-12-10-23(11-13-24)20(26)16-8-9-16/h1-7,14,16,18H,8-13H2,(H,22,25). The van der Waals surface area contributed by atoms with E-state index in [-0.39, 0.29) is 23.6 Å². The van der Waals surface area contributed by atoms with Gasteiger partial charge in [0.1, 0.15) is 6.04 Å². The molecule has 0 radical (unpaired) electrons. The van der Waals surface area contributed by atoms with Crippen molar-refractivity contribution in [2.75, 3.05) is 26.2 Å². The lowest BCUT2D eigenvalue weighted by atomic mass is 10.0. The van der Waals surface area contributed by atoms with E-state index in [1.54, 1.807) is 11.0 Å². The molecular weight excluding hydrogens is 374 g/mol. The van der Waals surface area contributed by atoms with E-state index >= 15 is 0 Å². The highest BCUT2D eigenvalue weighted by Gasteiger charge is 2.36. The van der Waals surface area contributed by atoms with Gasteiger partial charge in [-0.3, -0.25) is 14.4 Å². The number of carbonyl (C=O) groups is 3. The lowest BCUT2D eigenvalue weighted by Gasteiger charge is -2.36. The number of rotatable bonds is 5. The molecule has 146 valence electrons. The van der Waals surface area contributed by atoms with Crippen molar-refractivity contribution in [3.05, 3.63) is 58.3 Å². The summed E-state index contributed by atoms with van der Waals surface area (Å²) in [7, 11) is 0. The highest BCUT2D eigenvalue weighted by Crippen LogP contribution is 2.31. The molecule has 1 saturated carbocycles. The minimum atomic E-state index is -0.735. The summed E-state index contributed by atoms with van der Waals surface area (Å²) >= 11 is 1.35. The highest BCUT2D eigenvalue weighted by molar-refractivity contribution is 7.12. The van der Waals surface area contributed by atoms with Gasteiger partial charge in [-0.2, -0.15) is 0 Å². The molecule has 3 amide bonds. The van der Waals surface area contributed by atoms with Crippen molar-refractivity contribution < 1.29 is 14.4 Å². The molecule has 1 aliphatic carbocycles. The van der Waals surface area contributed by atoms with Crippen LogP contribution in [0.1, 0.15) is 34.1 Å².